The molecule has 1 aromatic heterocycles. The van der Waals surface area contributed by atoms with Crippen molar-refractivity contribution in [1.29, 1.82) is 0 Å². The number of nitrogens with two attached hydrogens (primary N) is 1. The standard InChI is InChI=1S/C15H18F3N3/c1-2-11(7-9-3-4-9)21-13-6-5-10(19)8-12(13)20-14(21)15(16,17)18/h5-6,8-9,11H,2-4,7,19H2,1H3. The van der Waals surface area contributed by atoms with Crippen molar-refractivity contribution < 1.29 is 13.2 Å². The molecule has 1 fully saturated rings. The average Bonchev–Trinajstić information content (AvgIpc) is 3.14. The van der Waals surface area contributed by atoms with Gasteiger partial charge in [0.1, 0.15) is 0 Å². The summed E-state index contributed by atoms with van der Waals surface area (Å²) in [5.74, 6) is -0.252. The van der Waals surface area contributed by atoms with E-state index in [1.165, 1.54) is 10.6 Å². The lowest BCUT2D eigenvalue weighted by Crippen LogP contribution is -2.19. The molecular formula is C15H18F3N3. The Morgan fingerprint density at radius 2 is 2.10 bits per heavy atom. The van der Waals surface area contributed by atoms with Crippen LogP contribution >= 0.6 is 0 Å². The summed E-state index contributed by atoms with van der Waals surface area (Å²) in [6.45, 7) is 1.93. The van der Waals surface area contributed by atoms with E-state index in [2.05, 4.69) is 4.98 Å². The van der Waals surface area contributed by atoms with E-state index in [1.807, 2.05) is 6.92 Å². The second-order valence-electron chi connectivity index (χ2n) is 5.79. The highest BCUT2D eigenvalue weighted by atomic mass is 19.4. The van der Waals surface area contributed by atoms with Crippen molar-refractivity contribution in [3.8, 4) is 0 Å². The fourth-order valence-corrected chi connectivity index (χ4v) is 2.88. The van der Waals surface area contributed by atoms with E-state index in [-0.39, 0.29) is 6.04 Å². The molecule has 1 saturated carbocycles. The molecule has 2 aromatic rings. The summed E-state index contributed by atoms with van der Waals surface area (Å²) < 4.78 is 41.3. The van der Waals surface area contributed by atoms with Crippen molar-refractivity contribution in [2.75, 3.05) is 5.73 Å². The minimum Gasteiger partial charge on any atom is -0.399 e. The zero-order valence-corrected chi connectivity index (χ0v) is 11.8. The Labute approximate surface area is 121 Å². The highest BCUT2D eigenvalue weighted by molar-refractivity contribution is 5.80. The number of benzene rings is 1. The third kappa shape index (κ3) is 2.71. The van der Waals surface area contributed by atoms with Gasteiger partial charge < -0.3 is 10.3 Å². The molecule has 6 heteroatoms. The van der Waals surface area contributed by atoms with Crippen LogP contribution in [0.5, 0.6) is 0 Å². The Morgan fingerprint density at radius 1 is 1.38 bits per heavy atom. The molecule has 0 amide bonds. The van der Waals surface area contributed by atoms with Crippen LogP contribution in [0.3, 0.4) is 0 Å². The number of anilines is 1. The van der Waals surface area contributed by atoms with E-state index in [9.17, 15) is 13.2 Å². The molecular weight excluding hydrogens is 279 g/mol. The number of imidazole rings is 1. The summed E-state index contributed by atoms with van der Waals surface area (Å²) in [7, 11) is 0. The summed E-state index contributed by atoms with van der Waals surface area (Å²) in [6, 6.07) is 4.61. The lowest BCUT2D eigenvalue weighted by molar-refractivity contribution is -0.147. The van der Waals surface area contributed by atoms with Crippen molar-refractivity contribution in [1.82, 2.24) is 9.55 Å². The van der Waals surface area contributed by atoms with Gasteiger partial charge in [-0.15, -0.1) is 0 Å². The predicted molar refractivity (Wildman–Crippen MR) is 75.8 cm³/mol. The highest BCUT2D eigenvalue weighted by Crippen LogP contribution is 2.41. The Balaban J connectivity index is 2.16. The zero-order chi connectivity index (χ0) is 15.2. The molecule has 0 saturated heterocycles. The summed E-state index contributed by atoms with van der Waals surface area (Å²) >= 11 is 0. The lowest BCUT2D eigenvalue weighted by atomic mass is 10.1. The van der Waals surface area contributed by atoms with Crippen LogP contribution in [0.4, 0.5) is 18.9 Å². The van der Waals surface area contributed by atoms with Crippen LogP contribution in [-0.4, -0.2) is 9.55 Å². The molecule has 0 spiro atoms. The van der Waals surface area contributed by atoms with Crippen LogP contribution < -0.4 is 5.73 Å². The predicted octanol–water partition coefficient (Wildman–Crippen LogP) is 4.39. The molecule has 1 aliphatic rings. The van der Waals surface area contributed by atoms with Crippen LogP contribution in [0.25, 0.3) is 11.0 Å². The Kier molecular flexibility index (Phi) is 3.34. The fourth-order valence-electron chi connectivity index (χ4n) is 2.88. The normalized spacial score (nSPS) is 17.3. The summed E-state index contributed by atoms with van der Waals surface area (Å²) in [5.41, 5.74) is 6.92. The quantitative estimate of drug-likeness (QED) is 0.851. The van der Waals surface area contributed by atoms with Gasteiger partial charge in [-0.25, -0.2) is 4.98 Å². The van der Waals surface area contributed by atoms with Gasteiger partial charge in [0.15, 0.2) is 0 Å². The SMILES string of the molecule is CCC(CC1CC1)n1c(C(F)(F)F)nc2cc(N)ccc21. The minimum absolute atomic E-state index is 0.164. The van der Waals surface area contributed by atoms with E-state index in [4.69, 9.17) is 5.73 Å². The van der Waals surface area contributed by atoms with Gasteiger partial charge in [-0.2, -0.15) is 13.2 Å². The largest absolute Gasteiger partial charge is 0.449 e. The number of fused-ring (bicyclic) bond motifs is 1. The third-order valence-corrected chi connectivity index (χ3v) is 4.11. The van der Waals surface area contributed by atoms with Gasteiger partial charge in [-0.05, 0) is 37.0 Å². The maximum Gasteiger partial charge on any atom is 0.449 e. The first-order valence-corrected chi connectivity index (χ1v) is 7.24. The van der Waals surface area contributed by atoms with E-state index >= 15 is 0 Å². The maximum absolute atomic E-state index is 13.3. The van der Waals surface area contributed by atoms with Crippen molar-refractivity contribution in [2.24, 2.45) is 5.92 Å². The molecule has 0 aliphatic heterocycles. The van der Waals surface area contributed by atoms with E-state index < -0.39 is 12.0 Å². The third-order valence-electron chi connectivity index (χ3n) is 4.11. The number of aromatic nitrogens is 2. The summed E-state index contributed by atoms with van der Waals surface area (Å²) in [6.07, 6.45) is -0.759. The first kappa shape index (κ1) is 14.2. The van der Waals surface area contributed by atoms with Gasteiger partial charge in [0, 0.05) is 11.7 Å². The minimum atomic E-state index is -4.45. The van der Waals surface area contributed by atoms with Gasteiger partial charge >= 0.3 is 6.18 Å². The van der Waals surface area contributed by atoms with Gasteiger partial charge in [-0.1, -0.05) is 19.8 Å². The number of hydrogen-bond acceptors (Lipinski definition) is 2. The van der Waals surface area contributed by atoms with Crippen LogP contribution in [0.2, 0.25) is 0 Å². The number of rotatable bonds is 4. The Morgan fingerprint density at radius 3 is 2.67 bits per heavy atom. The number of alkyl halides is 3. The highest BCUT2D eigenvalue weighted by Gasteiger charge is 2.40. The Bertz CT molecular complexity index is 656. The van der Waals surface area contributed by atoms with Gasteiger partial charge in [0.25, 0.3) is 0 Å². The first-order valence-electron chi connectivity index (χ1n) is 7.24. The molecule has 114 valence electrons. The molecule has 3 rings (SSSR count). The van der Waals surface area contributed by atoms with Crippen molar-refractivity contribution in [3.05, 3.63) is 24.0 Å². The number of nitrogens with zero attached hydrogens (tertiary/aromatic N) is 2. The molecule has 1 atom stereocenters. The van der Waals surface area contributed by atoms with Crippen LogP contribution in [0, 0.1) is 5.92 Å². The smallest absolute Gasteiger partial charge is 0.399 e. The average molecular weight is 297 g/mol. The monoisotopic (exact) mass is 297 g/mol. The number of halogens is 3. The molecule has 0 radical (unpaired) electrons. The molecule has 1 aliphatic carbocycles. The first-order chi connectivity index (χ1) is 9.90. The van der Waals surface area contributed by atoms with Crippen LogP contribution in [0.15, 0.2) is 18.2 Å². The van der Waals surface area contributed by atoms with Crippen molar-refractivity contribution in [3.63, 3.8) is 0 Å². The van der Waals surface area contributed by atoms with Gasteiger partial charge in [0.2, 0.25) is 5.82 Å². The topological polar surface area (TPSA) is 43.8 Å². The Hall–Kier alpha value is -1.72. The number of hydrogen-bond donors (Lipinski definition) is 1. The van der Waals surface area contributed by atoms with Crippen molar-refractivity contribution >= 4 is 16.7 Å². The molecule has 1 heterocycles. The molecule has 1 aromatic carbocycles. The maximum atomic E-state index is 13.3. The second-order valence-corrected chi connectivity index (χ2v) is 5.79. The lowest BCUT2D eigenvalue weighted by Gasteiger charge is -2.21. The fraction of sp³-hybridized carbons (Fsp3) is 0.533. The van der Waals surface area contributed by atoms with Crippen LogP contribution in [0.1, 0.15) is 44.5 Å². The van der Waals surface area contributed by atoms with E-state index in [1.54, 1.807) is 12.1 Å². The van der Waals surface area contributed by atoms with E-state index in [0.29, 0.717) is 29.1 Å². The molecule has 2 N–H and O–H groups in total. The summed E-state index contributed by atoms with van der Waals surface area (Å²) in [4.78, 5) is 3.80. The van der Waals surface area contributed by atoms with E-state index in [0.717, 1.165) is 19.3 Å². The van der Waals surface area contributed by atoms with Gasteiger partial charge in [-0.3, -0.25) is 0 Å². The zero-order valence-electron chi connectivity index (χ0n) is 11.8. The van der Waals surface area contributed by atoms with Crippen molar-refractivity contribution in [2.45, 2.75) is 44.8 Å². The molecule has 3 nitrogen and oxygen atoms in total. The molecule has 1 unspecified atom stereocenters. The molecule has 0 bridgehead atoms. The summed E-state index contributed by atoms with van der Waals surface area (Å²) in [5, 5.41) is 0. The van der Waals surface area contributed by atoms with Gasteiger partial charge in [0.05, 0.1) is 11.0 Å². The second kappa shape index (κ2) is 4.93. The number of nitrogen functional groups attached to an aromatic ring is 1. The van der Waals surface area contributed by atoms with Crippen LogP contribution in [-0.2, 0) is 6.18 Å². The molecule has 21 heavy (non-hydrogen) atoms.